The second-order valence-corrected chi connectivity index (χ2v) is 16.6. The Kier molecular flexibility index (Phi) is 18.2. The molecule has 1 unspecified atom stereocenters. The molecule has 8 nitrogen and oxygen atoms in total. The molecule has 1 aromatic carbocycles. The molecule has 0 saturated carbocycles. The third-order valence-electron chi connectivity index (χ3n) is 5.04. The van der Waals surface area contributed by atoms with E-state index in [-0.39, 0.29) is 13.1 Å². The van der Waals surface area contributed by atoms with Gasteiger partial charge in [0.15, 0.2) is 0 Å². The first-order chi connectivity index (χ1) is 16.6. The maximum absolute atomic E-state index is 11.8. The van der Waals surface area contributed by atoms with Crippen molar-refractivity contribution in [2.24, 2.45) is 4.52 Å². The van der Waals surface area contributed by atoms with Gasteiger partial charge in [-0.3, -0.25) is 0 Å². The molecule has 198 valence electrons. The zero-order valence-corrected chi connectivity index (χ0v) is 23.8. The van der Waals surface area contributed by atoms with E-state index in [4.69, 9.17) is 10.3 Å². The van der Waals surface area contributed by atoms with Crippen LogP contribution in [0.1, 0.15) is 37.7 Å². The Bertz CT molecular complexity index is 848. The monoisotopic (exact) mass is 523 g/mol. The molecule has 1 N–H and O–H groups in total. The minimum Gasteiger partial charge on any atom is -0.385 e. The zero-order chi connectivity index (χ0) is 26.6. The van der Waals surface area contributed by atoms with E-state index in [1.165, 1.54) is 31.9 Å². The third-order valence-corrected chi connectivity index (χ3v) is 7.80. The molecule has 1 aliphatic rings. The number of azide groups is 1. The molecule has 0 bridgehead atoms. The fraction of sp³-hybridized carbons (Fsp3) is 0.600. The van der Waals surface area contributed by atoms with Crippen molar-refractivity contribution >= 4 is 18.3 Å². The van der Waals surface area contributed by atoms with Gasteiger partial charge in [-0.15, -0.1) is 13.2 Å². The van der Waals surface area contributed by atoms with Gasteiger partial charge in [-0.2, -0.15) is 4.31 Å². The lowest BCUT2D eigenvalue weighted by molar-refractivity contribution is 0.186. The van der Waals surface area contributed by atoms with E-state index in [0.29, 0.717) is 13.0 Å². The van der Waals surface area contributed by atoms with Crippen LogP contribution in [-0.4, -0.2) is 53.6 Å². The van der Waals surface area contributed by atoms with Crippen LogP contribution in [0.15, 0.2) is 60.2 Å². The Hall–Kier alpha value is -1.94. The summed E-state index contributed by atoms with van der Waals surface area (Å²) in [4.78, 5) is 2.36. The minimum absolute atomic E-state index is 0.173. The van der Waals surface area contributed by atoms with Crippen LogP contribution >= 0.6 is 0 Å². The number of hydrogen-bond donors (Lipinski definition) is 1. The zero-order valence-electron chi connectivity index (χ0n) is 22.0. The van der Waals surface area contributed by atoms with E-state index in [0.717, 1.165) is 22.3 Å². The van der Waals surface area contributed by atoms with E-state index >= 15 is 0 Å². The highest BCUT2D eigenvalue weighted by Gasteiger charge is 2.20. The topological polar surface area (TPSA) is 107 Å². The van der Waals surface area contributed by atoms with Gasteiger partial charge in [-0.05, 0) is 49.4 Å². The highest BCUT2D eigenvalue weighted by molar-refractivity contribution is 7.87. The number of piperidine rings is 1. The van der Waals surface area contributed by atoms with Crippen molar-refractivity contribution in [3.05, 3.63) is 71.6 Å². The van der Waals surface area contributed by atoms with Gasteiger partial charge in [-0.25, -0.2) is 8.42 Å². The van der Waals surface area contributed by atoms with Gasteiger partial charge in [0, 0.05) is 50.4 Å². The number of nitrogens with one attached hydrogen (secondary N) is 1. The van der Waals surface area contributed by atoms with Crippen molar-refractivity contribution in [1.29, 1.82) is 0 Å². The van der Waals surface area contributed by atoms with E-state index < -0.39 is 18.3 Å². The Morgan fingerprint density at radius 3 is 2.37 bits per heavy atom. The molecule has 0 aliphatic carbocycles. The van der Waals surface area contributed by atoms with Gasteiger partial charge >= 0.3 is 10.2 Å². The molecule has 1 heterocycles. The quantitative estimate of drug-likeness (QED) is 0.0866. The summed E-state index contributed by atoms with van der Waals surface area (Å²) in [6.07, 6.45) is 9.78. The Labute approximate surface area is 214 Å². The second-order valence-electron chi connectivity index (χ2n) is 9.54. The Balaban J connectivity index is 0.000000594. The first-order valence-corrected chi connectivity index (χ1v) is 17.2. The molecule has 0 radical (unpaired) electrons. The van der Waals surface area contributed by atoms with Gasteiger partial charge in [0.2, 0.25) is 0 Å². The summed E-state index contributed by atoms with van der Waals surface area (Å²) < 4.78 is 32.5. The molecule has 2 rings (SSSR count). The first kappa shape index (κ1) is 33.1. The van der Waals surface area contributed by atoms with Crippen LogP contribution in [0.4, 0.5) is 0 Å². The third kappa shape index (κ3) is 18.0. The second kappa shape index (κ2) is 19.3. The average Bonchev–Trinajstić information content (AvgIpc) is 2.80. The van der Waals surface area contributed by atoms with Crippen LogP contribution < -0.4 is 5.32 Å². The van der Waals surface area contributed by atoms with E-state index in [1.54, 1.807) is 7.11 Å². The predicted molar refractivity (Wildman–Crippen MR) is 150 cm³/mol. The van der Waals surface area contributed by atoms with Crippen LogP contribution in [0.3, 0.4) is 0 Å². The largest absolute Gasteiger partial charge is 0.385 e. The summed E-state index contributed by atoms with van der Waals surface area (Å²) >= 11 is 0. The number of benzene rings is 1. The molecule has 35 heavy (non-hydrogen) atoms. The summed E-state index contributed by atoms with van der Waals surface area (Å²) in [6, 6.07) is 11.1. The number of hydrogen-bond acceptors (Lipinski definition) is 4. The molecule has 0 amide bonds. The molecule has 0 spiro atoms. The van der Waals surface area contributed by atoms with E-state index in [2.05, 4.69) is 47.5 Å². The van der Waals surface area contributed by atoms with Crippen LogP contribution in [0, 0.1) is 0 Å². The fourth-order valence-electron chi connectivity index (χ4n) is 3.31. The smallest absolute Gasteiger partial charge is 0.302 e. The molecule has 1 aromatic rings. The van der Waals surface area contributed by atoms with Gasteiger partial charge < -0.3 is 10.1 Å². The van der Waals surface area contributed by atoms with Gasteiger partial charge in [0.05, 0.1) is 0 Å². The van der Waals surface area contributed by atoms with Crippen molar-refractivity contribution in [2.45, 2.75) is 70.4 Å². The summed E-state index contributed by atoms with van der Waals surface area (Å²) in [5.41, 5.74) is 9.15. The molecule has 1 saturated heterocycles. The van der Waals surface area contributed by atoms with Gasteiger partial charge in [-0.1, -0.05) is 68.5 Å². The van der Waals surface area contributed by atoms with Crippen LogP contribution in [0.2, 0.25) is 25.7 Å². The SMILES string of the molecule is C=CCC1CCCCN1.C=CC[Si](C)(C)C.COCCCN(Cc1ccccc1)S(=O)(=O)N=[N+]=[N-]. The van der Waals surface area contributed by atoms with Gasteiger partial charge in [0.25, 0.3) is 0 Å². The standard InChI is InChI=1S/C11H16N4O3S.C8H15N.C6H14Si/c1-18-9-5-8-15(19(16,17)14-13-12)10-11-6-3-2-4-7-11;1-2-5-8-6-3-4-7-9-8;1-5-6-7(2,3)4/h2-4,6-7H,5,8-10H2,1H3;2,8-9H,1,3-7H2;5H,1,6H2,2-4H3. The number of rotatable bonds is 12. The lowest BCUT2D eigenvalue weighted by Gasteiger charge is -2.21. The van der Waals surface area contributed by atoms with Crippen molar-refractivity contribution < 1.29 is 13.2 Å². The fourth-order valence-corrected chi connectivity index (χ4v) is 5.04. The van der Waals surface area contributed by atoms with Crippen LogP contribution in [-0.2, 0) is 21.5 Å². The molecular formula is C25H45N5O3SSi. The molecule has 1 atom stereocenters. The molecular weight excluding hydrogens is 478 g/mol. The lowest BCUT2D eigenvalue weighted by Crippen LogP contribution is -2.33. The summed E-state index contributed by atoms with van der Waals surface area (Å²) in [7, 11) is -3.20. The molecule has 0 aromatic heterocycles. The average molecular weight is 524 g/mol. The Morgan fingerprint density at radius 1 is 1.23 bits per heavy atom. The van der Waals surface area contributed by atoms with Crippen molar-refractivity contribution in [2.75, 3.05) is 26.8 Å². The van der Waals surface area contributed by atoms with E-state index in [1.807, 2.05) is 42.5 Å². The molecule has 10 heteroatoms. The lowest BCUT2D eigenvalue weighted by atomic mass is 10.0. The highest BCUT2D eigenvalue weighted by atomic mass is 32.2. The first-order valence-electron chi connectivity index (χ1n) is 12.1. The Morgan fingerprint density at radius 2 is 1.91 bits per heavy atom. The number of allylic oxidation sites excluding steroid dienone is 1. The summed E-state index contributed by atoms with van der Waals surface area (Å²) in [6.45, 7) is 16.5. The number of ether oxygens (including phenoxy) is 1. The molecule has 1 fully saturated rings. The van der Waals surface area contributed by atoms with Crippen LogP contribution in [0.5, 0.6) is 0 Å². The normalized spacial score (nSPS) is 15.5. The number of methoxy groups -OCH3 is 1. The summed E-state index contributed by atoms with van der Waals surface area (Å²) in [5.74, 6) is 0. The maximum atomic E-state index is 11.8. The predicted octanol–water partition coefficient (Wildman–Crippen LogP) is 6.30. The van der Waals surface area contributed by atoms with Gasteiger partial charge in [0.1, 0.15) is 0 Å². The highest BCUT2D eigenvalue weighted by Crippen LogP contribution is 2.12. The van der Waals surface area contributed by atoms with Crippen molar-refractivity contribution in [3.8, 4) is 0 Å². The minimum atomic E-state index is -3.96. The van der Waals surface area contributed by atoms with Crippen molar-refractivity contribution in [1.82, 2.24) is 9.62 Å². The van der Waals surface area contributed by atoms with Crippen LogP contribution in [0.25, 0.3) is 10.4 Å². The molecule has 1 aliphatic heterocycles. The maximum Gasteiger partial charge on any atom is 0.302 e. The van der Waals surface area contributed by atoms with Crippen molar-refractivity contribution in [3.63, 3.8) is 0 Å². The summed E-state index contributed by atoms with van der Waals surface area (Å²) in [5, 5.41) is 3.45. The number of nitrogens with zero attached hydrogens (tertiary/aromatic N) is 4. The van der Waals surface area contributed by atoms with E-state index in [9.17, 15) is 8.42 Å².